The molecule has 2 aliphatic heterocycles. The summed E-state index contributed by atoms with van der Waals surface area (Å²) in [5.74, 6) is 2.51. The molecule has 1 atom stereocenters. The van der Waals surface area contributed by atoms with Crippen LogP contribution in [0.2, 0.25) is 0 Å². The van der Waals surface area contributed by atoms with Gasteiger partial charge in [0, 0.05) is 12.0 Å². The Hall–Kier alpha value is -2.05. The number of anilines is 1. The highest BCUT2D eigenvalue weighted by molar-refractivity contribution is 5.96. The van der Waals surface area contributed by atoms with Crippen LogP contribution < -0.4 is 31.4 Å². The summed E-state index contributed by atoms with van der Waals surface area (Å²) in [7, 11) is 3.25. The molecule has 0 aliphatic carbocycles. The largest absolute Gasteiger partial charge is 1.00 e. The minimum absolute atomic E-state index is 0. The predicted molar refractivity (Wildman–Crippen MR) is 111 cm³/mol. The van der Waals surface area contributed by atoms with Crippen LogP contribution in [0.15, 0.2) is 36.4 Å². The first-order chi connectivity index (χ1) is 13.5. The third-order valence-corrected chi connectivity index (χ3v) is 6.19. The van der Waals surface area contributed by atoms with E-state index in [0.717, 1.165) is 31.4 Å². The molecule has 2 aromatic rings. The Bertz CT molecular complexity index is 944. The summed E-state index contributed by atoms with van der Waals surface area (Å²) in [4.78, 5) is 2.30. The SMILES string of the molecule is COc1ccc(C2(O)CN(c3cccc(C)c3C)C3=[N+]2CCCC3)cc1OC.[Br-]. The molecule has 156 valence electrons. The van der Waals surface area contributed by atoms with E-state index in [4.69, 9.17) is 9.47 Å². The van der Waals surface area contributed by atoms with Crippen LogP contribution in [-0.4, -0.2) is 42.8 Å². The van der Waals surface area contributed by atoms with Gasteiger partial charge in [0.1, 0.15) is 5.69 Å². The summed E-state index contributed by atoms with van der Waals surface area (Å²) >= 11 is 0. The Morgan fingerprint density at radius 3 is 2.52 bits per heavy atom. The minimum Gasteiger partial charge on any atom is -1.00 e. The monoisotopic (exact) mass is 460 g/mol. The highest BCUT2D eigenvalue weighted by atomic mass is 79.9. The highest BCUT2D eigenvalue weighted by Crippen LogP contribution is 2.39. The first-order valence-corrected chi connectivity index (χ1v) is 9.91. The second-order valence-corrected chi connectivity index (χ2v) is 7.72. The molecule has 0 radical (unpaired) electrons. The van der Waals surface area contributed by atoms with Gasteiger partial charge in [-0.15, -0.1) is 0 Å². The van der Waals surface area contributed by atoms with Crippen molar-refractivity contribution >= 4 is 11.5 Å². The zero-order valence-corrected chi connectivity index (χ0v) is 19.1. The van der Waals surface area contributed by atoms with Gasteiger partial charge < -0.3 is 31.6 Å². The fourth-order valence-corrected chi connectivity index (χ4v) is 4.48. The number of halogens is 1. The van der Waals surface area contributed by atoms with Crippen LogP contribution in [0.3, 0.4) is 0 Å². The van der Waals surface area contributed by atoms with E-state index < -0.39 is 5.72 Å². The molecule has 0 fully saturated rings. The van der Waals surface area contributed by atoms with Gasteiger partial charge in [0.25, 0.3) is 11.6 Å². The number of hydrogen-bond donors (Lipinski definition) is 1. The summed E-state index contributed by atoms with van der Waals surface area (Å²) in [5.41, 5.74) is 3.45. The Kier molecular flexibility index (Phi) is 6.24. The van der Waals surface area contributed by atoms with E-state index in [1.807, 2.05) is 18.2 Å². The second-order valence-electron chi connectivity index (χ2n) is 7.72. The van der Waals surface area contributed by atoms with Crippen molar-refractivity contribution in [2.75, 3.05) is 32.2 Å². The summed E-state index contributed by atoms with van der Waals surface area (Å²) in [6.45, 7) is 5.65. The van der Waals surface area contributed by atoms with Crippen LogP contribution >= 0.6 is 0 Å². The van der Waals surface area contributed by atoms with Crippen molar-refractivity contribution < 1.29 is 36.1 Å². The minimum atomic E-state index is -1.09. The maximum Gasteiger partial charge on any atom is 0.271 e. The number of ether oxygens (including phenoxy) is 2. The zero-order chi connectivity index (χ0) is 19.9. The van der Waals surface area contributed by atoms with Gasteiger partial charge in [0.2, 0.25) is 0 Å². The van der Waals surface area contributed by atoms with Gasteiger partial charge in [-0.3, -0.25) is 0 Å². The first-order valence-electron chi connectivity index (χ1n) is 9.91. The number of β-amino-alcohol motifs (C(OH)–C–C–N with tert-alkyl or cyclic N) is 1. The number of methoxy groups -OCH3 is 2. The second kappa shape index (κ2) is 8.36. The topological polar surface area (TPSA) is 44.9 Å². The van der Waals surface area contributed by atoms with Crippen LogP contribution in [0.25, 0.3) is 0 Å². The molecule has 0 saturated heterocycles. The number of benzene rings is 2. The van der Waals surface area contributed by atoms with Crippen molar-refractivity contribution in [3.8, 4) is 11.5 Å². The van der Waals surface area contributed by atoms with Gasteiger partial charge in [-0.05, 0) is 62.1 Å². The molecule has 4 rings (SSSR count). The third-order valence-electron chi connectivity index (χ3n) is 6.19. The molecule has 0 saturated carbocycles. The Balaban J connectivity index is 0.00000240. The van der Waals surface area contributed by atoms with Crippen LogP contribution in [0.5, 0.6) is 11.5 Å². The molecule has 2 aliphatic rings. The zero-order valence-electron chi connectivity index (χ0n) is 17.5. The number of aryl methyl sites for hydroxylation is 1. The molecule has 1 N–H and O–H groups in total. The van der Waals surface area contributed by atoms with Gasteiger partial charge in [-0.2, -0.15) is 0 Å². The molecule has 0 bridgehead atoms. The quantitative estimate of drug-likeness (QED) is 0.678. The lowest BCUT2D eigenvalue weighted by atomic mass is 10.0. The summed E-state index contributed by atoms with van der Waals surface area (Å²) in [6.07, 6.45) is 3.21. The van der Waals surface area contributed by atoms with Crippen molar-refractivity contribution in [1.29, 1.82) is 0 Å². The third kappa shape index (κ3) is 3.53. The predicted octanol–water partition coefficient (Wildman–Crippen LogP) is 0.585. The Labute approximate surface area is 183 Å². The first kappa shape index (κ1) is 21.7. The summed E-state index contributed by atoms with van der Waals surface area (Å²) in [5, 5.41) is 11.9. The lowest BCUT2D eigenvalue weighted by Crippen LogP contribution is -3.00. The normalized spacial score (nSPS) is 20.9. The molecule has 29 heavy (non-hydrogen) atoms. The van der Waals surface area contributed by atoms with Gasteiger partial charge >= 0.3 is 0 Å². The summed E-state index contributed by atoms with van der Waals surface area (Å²) in [6, 6.07) is 12.1. The van der Waals surface area contributed by atoms with Crippen molar-refractivity contribution in [3.05, 3.63) is 53.1 Å². The van der Waals surface area contributed by atoms with Crippen molar-refractivity contribution in [2.24, 2.45) is 0 Å². The van der Waals surface area contributed by atoms with Gasteiger partial charge in [0.15, 0.2) is 18.0 Å². The van der Waals surface area contributed by atoms with E-state index in [-0.39, 0.29) is 17.0 Å². The lowest BCUT2D eigenvalue weighted by Gasteiger charge is -2.25. The molecule has 5 nitrogen and oxygen atoms in total. The highest BCUT2D eigenvalue weighted by Gasteiger charge is 2.53. The molecule has 0 amide bonds. The summed E-state index contributed by atoms with van der Waals surface area (Å²) < 4.78 is 13.0. The Morgan fingerprint density at radius 1 is 1.03 bits per heavy atom. The smallest absolute Gasteiger partial charge is 0.271 e. The van der Waals surface area contributed by atoms with Crippen molar-refractivity contribution in [2.45, 2.75) is 38.8 Å². The van der Waals surface area contributed by atoms with Crippen LogP contribution in [0.4, 0.5) is 5.69 Å². The molecule has 1 unspecified atom stereocenters. The average molecular weight is 461 g/mol. The fraction of sp³-hybridized carbons (Fsp3) is 0.435. The standard InChI is InChI=1S/C23H29N2O3.BrH/c1-16-8-7-9-19(17(16)2)24-15-23(26,25-13-6-5-10-22(24)25)18-11-12-20(27-3)21(14-18)28-4;/h7-9,11-12,14,26H,5-6,10,13,15H2,1-4H3;1H/q+1;/p-1. The van der Waals surface area contributed by atoms with Crippen LogP contribution in [0, 0.1) is 13.8 Å². The molecule has 0 aromatic heterocycles. The van der Waals surface area contributed by atoms with Crippen molar-refractivity contribution in [1.82, 2.24) is 0 Å². The van der Waals surface area contributed by atoms with Gasteiger partial charge in [-0.1, -0.05) is 12.1 Å². The van der Waals surface area contributed by atoms with Crippen LogP contribution in [0.1, 0.15) is 36.0 Å². The number of hydrogen-bond acceptors (Lipinski definition) is 4. The molecule has 2 aromatic carbocycles. The maximum absolute atomic E-state index is 11.9. The fourth-order valence-electron chi connectivity index (χ4n) is 4.48. The lowest BCUT2D eigenvalue weighted by molar-refractivity contribution is -0.661. The van der Waals surface area contributed by atoms with Gasteiger partial charge in [0.05, 0.1) is 20.8 Å². The Morgan fingerprint density at radius 2 is 1.79 bits per heavy atom. The molecule has 0 spiro atoms. The molecular weight excluding hydrogens is 432 g/mol. The number of amidine groups is 1. The van der Waals surface area contributed by atoms with E-state index >= 15 is 0 Å². The number of nitrogens with zero attached hydrogens (tertiary/aromatic N) is 2. The molecule has 2 heterocycles. The average Bonchev–Trinajstić information content (AvgIpc) is 3.03. The van der Waals surface area contributed by atoms with E-state index in [1.165, 1.54) is 22.6 Å². The van der Waals surface area contributed by atoms with E-state index in [1.54, 1.807) is 14.2 Å². The van der Waals surface area contributed by atoms with Crippen LogP contribution in [-0.2, 0) is 5.72 Å². The molecule has 6 heteroatoms. The van der Waals surface area contributed by atoms with E-state index in [2.05, 4.69) is 41.5 Å². The number of aliphatic hydroxyl groups is 1. The number of rotatable bonds is 4. The van der Waals surface area contributed by atoms with E-state index in [9.17, 15) is 5.11 Å². The van der Waals surface area contributed by atoms with Gasteiger partial charge in [-0.25, -0.2) is 9.48 Å². The van der Waals surface area contributed by atoms with E-state index in [0.29, 0.717) is 18.0 Å². The van der Waals surface area contributed by atoms with Crippen molar-refractivity contribution in [3.63, 3.8) is 0 Å². The molecular formula is C23H29BrN2O3. The maximum atomic E-state index is 11.9.